The van der Waals surface area contributed by atoms with E-state index in [-0.39, 0.29) is 12.6 Å². The highest BCUT2D eigenvalue weighted by Crippen LogP contribution is 2.33. The molecule has 1 heterocycles. The minimum Gasteiger partial charge on any atom is -0.480 e. The van der Waals surface area contributed by atoms with Gasteiger partial charge in [-0.15, -0.1) is 0 Å². The molecule has 0 spiro atoms. The van der Waals surface area contributed by atoms with E-state index in [9.17, 15) is 23.5 Å². The van der Waals surface area contributed by atoms with Crippen LogP contribution >= 0.6 is 12.2 Å². The molecule has 0 saturated carbocycles. The summed E-state index contributed by atoms with van der Waals surface area (Å²) in [5.41, 5.74) is 1.73. The maximum absolute atomic E-state index is 14.0. The Kier molecular flexibility index (Phi) is 5.41. The molecule has 9 heteroatoms. The van der Waals surface area contributed by atoms with Crippen molar-refractivity contribution in [1.29, 1.82) is 0 Å². The van der Waals surface area contributed by atoms with Crippen molar-refractivity contribution in [3.8, 4) is 0 Å². The lowest BCUT2D eigenvalue weighted by molar-refractivity contribution is -0.140. The third kappa shape index (κ3) is 3.64. The first-order valence-corrected chi connectivity index (χ1v) is 8.93. The number of rotatable bonds is 6. The predicted molar refractivity (Wildman–Crippen MR) is 95.9 cm³/mol. The molecule has 0 saturated heterocycles. The van der Waals surface area contributed by atoms with Crippen LogP contribution in [0.4, 0.5) is 8.78 Å². The summed E-state index contributed by atoms with van der Waals surface area (Å²) in [5, 5.41) is 11.9. The third-order valence-corrected chi connectivity index (χ3v) is 5.37. The Morgan fingerprint density at radius 1 is 1.48 bits per heavy atom. The number of halogens is 2. The number of carbonyl (C=O) groups excluding carboxylic acids is 1. The standard InChI is InChI=1S/C18H19F2N3O3S/c1-10(17(25)26)22-8-14(7-21-9-24)23(18(22)27)13-2-3-15-11(5-13)4-12(19)6-16(15)20/h4,6,8-10,13H,2-3,5,7H2,1H3,(H,21,24)(H,25,26). The van der Waals surface area contributed by atoms with Crippen LogP contribution in [-0.2, 0) is 29.0 Å². The van der Waals surface area contributed by atoms with Crippen LogP contribution in [0.15, 0.2) is 18.3 Å². The maximum atomic E-state index is 14.0. The zero-order valence-electron chi connectivity index (χ0n) is 14.6. The zero-order chi connectivity index (χ0) is 19.7. The number of nitrogens with zero attached hydrogens (tertiary/aromatic N) is 2. The largest absolute Gasteiger partial charge is 0.480 e. The highest BCUT2D eigenvalue weighted by molar-refractivity contribution is 7.71. The number of carboxylic acids is 1. The van der Waals surface area contributed by atoms with Gasteiger partial charge in [-0.1, -0.05) is 0 Å². The summed E-state index contributed by atoms with van der Waals surface area (Å²) in [5.74, 6) is -2.21. The molecule has 1 aliphatic carbocycles. The molecule has 144 valence electrons. The highest BCUT2D eigenvalue weighted by Gasteiger charge is 2.27. The van der Waals surface area contributed by atoms with Crippen LogP contribution in [0.1, 0.15) is 42.2 Å². The lowest BCUT2D eigenvalue weighted by Crippen LogP contribution is -2.24. The van der Waals surface area contributed by atoms with Gasteiger partial charge in [-0.05, 0) is 55.6 Å². The van der Waals surface area contributed by atoms with E-state index in [1.165, 1.54) is 17.6 Å². The number of carboxylic acid groups (broad SMARTS) is 1. The molecule has 1 aliphatic rings. The van der Waals surface area contributed by atoms with E-state index in [0.717, 1.165) is 6.07 Å². The Bertz CT molecular complexity index is 954. The molecule has 0 fully saturated rings. The molecule has 6 nitrogen and oxygen atoms in total. The molecule has 2 aromatic rings. The Balaban J connectivity index is 2.03. The average molecular weight is 395 g/mol. The summed E-state index contributed by atoms with van der Waals surface area (Å²) in [4.78, 5) is 22.1. The Morgan fingerprint density at radius 2 is 2.22 bits per heavy atom. The molecule has 1 aromatic carbocycles. The molecule has 2 N–H and O–H groups in total. The van der Waals surface area contributed by atoms with Gasteiger partial charge in [0.05, 0.1) is 12.2 Å². The van der Waals surface area contributed by atoms with E-state index in [1.807, 2.05) is 0 Å². The quantitative estimate of drug-likeness (QED) is 0.583. The lowest BCUT2D eigenvalue weighted by Gasteiger charge is -2.27. The van der Waals surface area contributed by atoms with E-state index in [1.54, 1.807) is 10.8 Å². The number of aliphatic carboxylic acids is 1. The van der Waals surface area contributed by atoms with Crippen LogP contribution in [0, 0.1) is 16.4 Å². The van der Waals surface area contributed by atoms with Crippen molar-refractivity contribution in [2.24, 2.45) is 0 Å². The van der Waals surface area contributed by atoms with Gasteiger partial charge >= 0.3 is 5.97 Å². The van der Waals surface area contributed by atoms with E-state index in [0.29, 0.717) is 47.3 Å². The van der Waals surface area contributed by atoms with Gasteiger partial charge in [-0.3, -0.25) is 4.79 Å². The Hall–Kier alpha value is -2.55. The van der Waals surface area contributed by atoms with Gasteiger partial charge in [0.2, 0.25) is 6.41 Å². The van der Waals surface area contributed by atoms with Gasteiger partial charge in [0, 0.05) is 18.3 Å². The van der Waals surface area contributed by atoms with E-state index < -0.39 is 23.6 Å². The zero-order valence-corrected chi connectivity index (χ0v) is 15.4. The van der Waals surface area contributed by atoms with Crippen molar-refractivity contribution in [2.75, 3.05) is 0 Å². The molecule has 27 heavy (non-hydrogen) atoms. The fourth-order valence-corrected chi connectivity index (χ4v) is 4.07. The molecule has 1 amide bonds. The SMILES string of the molecule is CC(C(=O)O)n1cc(CNC=O)n(C2CCc3c(F)cc(F)cc3C2)c1=S. The minimum atomic E-state index is -1.03. The van der Waals surface area contributed by atoms with Crippen LogP contribution in [0.3, 0.4) is 0 Å². The normalized spacial score (nSPS) is 17.2. The number of hydrogen-bond acceptors (Lipinski definition) is 3. The first kappa shape index (κ1) is 19.2. The number of imidazole rings is 1. The van der Waals surface area contributed by atoms with Crippen LogP contribution in [0.5, 0.6) is 0 Å². The van der Waals surface area contributed by atoms with Crippen molar-refractivity contribution in [1.82, 2.24) is 14.5 Å². The molecule has 0 bridgehead atoms. The van der Waals surface area contributed by atoms with Gasteiger partial charge in [0.25, 0.3) is 0 Å². The second kappa shape index (κ2) is 7.59. The maximum Gasteiger partial charge on any atom is 0.326 e. The second-order valence-corrected chi connectivity index (χ2v) is 6.98. The van der Waals surface area contributed by atoms with E-state index in [2.05, 4.69) is 5.32 Å². The van der Waals surface area contributed by atoms with Gasteiger partial charge in [0.1, 0.15) is 17.7 Å². The molecular formula is C18H19F2N3O3S. The van der Waals surface area contributed by atoms with Gasteiger partial charge in [-0.25, -0.2) is 13.6 Å². The van der Waals surface area contributed by atoms with Gasteiger partial charge in [0.15, 0.2) is 4.77 Å². The monoisotopic (exact) mass is 395 g/mol. The van der Waals surface area contributed by atoms with Crippen LogP contribution in [0.2, 0.25) is 0 Å². The van der Waals surface area contributed by atoms with Crippen molar-refractivity contribution < 1.29 is 23.5 Å². The fourth-order valence-electron chi connectivity index (χ4n) is 3.60. The summed E-state index contributed by atoms with van der Waals surface area (Å²) in [6.45, 7) is 1.69. The summed E-state index contributed by atoms with van der Waals surface area (Å²) >= 11 is 5.49. The number of aromatic nitrogens is 2. The van der Waals surface area contributed by atoms with Gasteiger partial charge in [-0.2, -0.15) is 0 Å². The molecular weight excluding hydrogens is 376 g/mol. The number of fused-ring (bicyclic) bond motifs is 1. The molecule has 0 aliphatic heterocycles. The highest BCUT2D eigenvalue weighted by atomic mass is 32.1. The summed E-state index contributed by atoms with van der Waals surface area (Å²) in [6, 6.07) is 1.15. The summed E-state index contributed by atoms with van der Waals surface area (Å²) in [6.07, 6.45) is 3.53. The number of carbonyl (C=O) groups is 2. The summed E-state index contributed by atoms with van der Waals surface area (Å²) in [7, 11) is 0. The van der Waals surface area contributed by atoms with Crippen molar-refractivity contribution in [3.05, 3.63) is 51.6 Å². The third-order valence-electron chi connectivity index (χ3n) is 4.97. The van der Waals surface area contributed by atoms with Crippen molar-refractivity contribution in [3.63, 3.8) is 0 Å². The second-order valence-electron chi connectivity index (χ2n) is 6.62. The number of benzene rings is 1. The first-order chi connectivity index (χ1) is 12.8. The van der Waals surface area contributed by atoms with Crippen LogP contribution in [-0.4, -0.2) is 26.6 Å². The lowest BCUT2D eigenvalue weighted by atomic mass is 9.87. The number of amides is 1. The van der Waals surface area contributed by atoms with Gasteiger partial charge < -0.3 is 19.6 Å². The fraction of sp³-hybridized carbons (Fsp3) is 0.389. The first-order valence-electron chi connectivity index (χ1n) is 8.52. The molecule has 2 atom stereocenters. The smallest absolute Gasteiger partial charge is 0.326 e. The Morgan fingerprint density at radius 3 is 2.89 bits per heavy atom. The van der Waals surface area contributed by atoms with Crippen molar-refractivity contribution in [2.45, 2.75) is 44.8 Å². The predicted octanol–water partition coefficient (Wildman–Crippen LogP) is 2.92. The van der Waals surface area contributed by atoms with E-state index in [4.69, 9.17) is 12.2 Å². The average Bonchev–Trinajstić information content (AvgIpc) is 2.94. The van der Waals surface area contributed by atoms with E-state index >= 15 is 0 Å². The molecule has 3 rings (SSSR count). The molecule has 2 unspecified atom stereocenters. The topological polar surface area (TPSA) is 76.3 Å². The van der Waals surface area contributed by atoms with Crippen LogP contribution < -0.4 is 5.32 Å². The number of hydrogen-bond donors (Lipinski definition) is 2. The van der Waals surface area contributed by atoms with Crippen molar-refractivity contribution >= 4 is 24.6 Å². The summed E-state index contributed by atoms with van der Waals surface area (Å²) < 4.78 is 31.2. The molecule has 1 aromatic heterocycles. The molecule has 0 radical (unpaired) electrons. The number of nitrogens with one attached hydrogen (secondary N) is 1. The minimum absolute atomic E-state index is 0.174. The Labute approximate surface area is 159 Å². The van der Waals surface area contributed by atoms with Crippen LogP contribution in [0.25, 0.3) is 0 Å².